The summed E-state index contributed by atoms with van der Waals surface area (Å²) in [5.74, 6) is -1.70. The third kappa shape index (κ3) is 3.88. The molecule has 162 valence electrons. The van der Waals surface area contributed by atoms with Crippen molar-refractivity contribution in [3.63, 3.8) is 0 Å². The highest BCUT2D eigenvalue weighted by Gasteiger charge is 2.39. The number of nitrogens with two attached hydrogens (primary N) is 1. The van der Waals surface area contributed by atoms with Crippen LogP contribution in [0.3, 0.4) is 0 Å². The number of imidazole rings is 1. The van der Waals surface area contributed by atoms with E-state index in [2.05, 4.69) is 25.0 Å². The Morgan fingerprint density at radius 3 is 2.55 bits per heavy atom. The standard InChI is InChI=1S/C18H16F3N7O2S/c1-31(29,30)17-12(11-4-5-23-16-15(11)25-9-26-16)8-28(27-17)14-3-2-10(7-24-14)13(6-22)18(19,20)21/h2-5,7-9,13H,6,22H2,1H3,(H,23,25,26). The number of hydrogen-bond donors (Lipinski definition) is 2. The Morgan fingerprint density at radius 1 is 1.16 bits per heavy atom. The molecule has 1 unspecified atom stereocenters. The third-order valence-corrected chi connectivity index (χ3v) is 5.69. The zero-order chi connectivity index (χ0) is 22.4. The average Bonchev–Trinajstić information content (AvgIpc) is 3.35. The molecule has 0 amide bonds. The molecule has 3 N–H and O–H groups in total. The van der Waals surface area contributed by atoms with Crippen LogP contribution in [0.15, 0.2) is 48.1 Å². The Hall–Kier alpha value is -3.32. The fraction of sp³-hybridized carbons (Fsp3) is 0.222. The molecule has 0 saturated heterocycles. The monoisotopic (exact) mass is 451 g/mol. The van der Waals surface area contributed by atoms with E-state index in [1.165, 1.54) is 35.5 Å². The maximum atomic E-state index is 13.1. The molecule has 9 nitrogen and oxygen atoms in total. The zero-order valence-electron chi connectivity index (χ0n) is 16.0. The van der Waals surface area contributed by atoms with Crippen LogP contribution in [0.5, 0.6) is 0 Å². The molecule has 0 aliphatic heterocycles. The molecule has 4 heterocycles. The lowest BCUT2D eigenvalue weighted by molar-refractivity contribution is -0.148. The van der Waals surface area contributed by atoms with E-state index in [1.54, 1.807) is 6.07 Å². The van der Waals surface area contributed by atoms with E-state index in [4.69, 9.17) is 5.73 Å². The van der Waals surface area contributed by atoms with E-state index in [-0.39, 0.29) is 22.0 Å². The highest BCUT2D eigenvalue weighted by molar-refractivity contribution is 7.90. The van der Waals surface area contributed by atoms with Gasteiger partial charge in [-0.05, 0) is 17.7 Å². The quantitative estimate of drug-likeness (QED) is 0.475. The zero-order valence-corrected chi connectivity index (χ0v) is 16.8. The van der Waals surface area contributed by atoms with Gasteiger partial charge in [0.1, 0.15) is 0 Å². The first-order valence-corrected chi connectivity index (χ1v) is 10.8. The molecule has 0 aliphatic rings. The third-order valence-electron chi connectivity index (χ3n) is 4.69. The van der Waals surface area contributed by atoms with Crippen LogP contribution >= 0.6 is 0 Å². The Labute approximate surface area is 174 Å². The number of hydrogen-bond acceptors (Lipinski definition) is 7. The second-order valence-electron chi connectivity index (χ2n) is 6.80. The van der Waals surface area contributed by atoms with Gasteiger partial charge < -0.3 is 10.7 Å². The summed E-state index contributed by atoms with van der Waals surface area (Å²) >= 11 is 0. The first-order valence-electron chi connectivity index (χ1n) is 8.91. The molecule has 4 aromatic rings. The van der Waals surface area contributed by atoms with Crippen LogP contribution in [0, 0.1) is 0 Å². The minimum Gasteiger partial charge on any atom is -0.343 e. The molecule has 0 aliphatic carbocycles. The van der Waals surface area contributed by atoms with E-state index in [0.717, 1.165) is 12.5 Å². The van der Waals surface area contributed by atoms with Crippen LogP contribution < -0.4 is 5.73 Å². The van der Waals surface area contributed by atoms with Crippen LogP contribution in [0.25, 0.3) is 28.1 Å². The number of halogens is 3. The lowest BCUT2D eigenvalue weighted by Gasteiger charge is -2.18. The summed E-state index contributed by atoms with van der Waals surface area (Å²) in [4.78, 5) is 15.1. The van der Waals surface area contributed by atoms with Crippen LogP contribution in [0.2, 0.25) is 0 Å². The molecule has 0 fully saturated rings. The average molecular weight is 451 g/mol. The fourth-order valence-corrected chi connectivity index (χ4v) is 4.00. The summed E-state index contributed by atoms with van der Waals surface area (Å²) in [7, 11) is -3.75. The number of aromatic amines is 1. The van der Waals surface area contributed by atoms with Crippen molar-refractivity contribution in [2.24, 2.45) is 5.73 Å². The number of sulfone groups is 1. The molecule has 0 spiro atoms. The van der Waals surface area contributed by atoms with Crippen molar-refractivity contribution in [1.82, 2.24) is 29.7 Å². The van der Waals surface area contributed by atoms with E-state index in [1.807, 2.05) is 0 Å². The number of fused-ring (bicyclic) bond motifs is 1. The summed E-state index contributed by atoms with van der Waals surface area (Å²) in [5, 5.41) is 3.91. The van der Waals surface area contributed by atoms with Gasteiger partial charge in [0.2, 0.25) is 0 Å². The number of pyridine rings is 2. The van der Waals surface area contributed by atoms with Gasteiger partial charge >= 0.3 is 6.18 Å². The first kappa shape index (κ1) is 20.9. The summed E-state index contributed by atoms with van der Waals surface area (Å²) in [6.07, 6.45) is 1.93. The predicted octanol–water partition coefficient (Wildman–Crippen LogP) is 2.21. The van der Waals surface area contributed by atoms with E-state index >= 15 is 0 Å². The first-order chi connectivity index (χ1) is 14.6. The second kappa shape index (κ2) is 7.42. The molecule has 0 saturated carbocycles. The second-order valence-corrected chi connectivity index (χ2v) is 8.73. The largest absolute Gasteiger partial charge is 0.397 e. The predicted molar refractivity (Wildman–Crippen MR) is 105 cm³/mol. The van der Waals surface area contributed by atoms with Gasteiger partial charge in [-0.15, -0.1) is 0 Å². The van der Waals surface area contributed by atoms with Crippen LogP contribution in [0.4, 0.5) is 13.2 Å². The molecular weight excluding hydrogens is 435 g/mol. The van der Waals surface area contributed by atoms with E-state index in [9.17, 15) is 21.6 Å². The molecule has 4 rings (SSSR count). The number of nitrogens with zero attached hydrogens (tertiary/aromatic N) is 5. The lowest BCUT2D eigenvalue weighted by atomic mass is 10.0. The number of alkyl halides is 3. The highest BCUT2D eigenvalue weighted by Crippen LogP contribution is 2.34. The molecule has 4 aromatic heterocycles. The SMILES string of the molecule is CS(=O)(=O)c1nn(-c2ccc(C(CN)C(F)(F)F)cn2)cc1-c1ccnc2nc[nH]c12. The van der Waals surface area contributed by atoms with E-state index < -0.39 is 28.5 Å². The molecule has 13 heteroatoms. The Morgan fingerprint density at radius 2 is 1.94 bits per heavy atom. The topological polar surface area (TPSA) is 132 Å². The van der Waals surface area contributed by atoms with Crippen LogP contribution in [-0.2, 0) is 9.84 Å². The number of rotatable bonds is 5. The van der Waals surface area contributed by atoms with Gasteiger partial charge in [-0.1, -0.05) is 6.07 Å². The van der Waals surface area contributed by atoms with Crippen molar-refractivity contribution in [3.05, 3.63) is 48.7 Å². The summed E-state index contributed by atoms with van der Waals surface area (Å²) in [6.45, 7) is -0.614. The van der Waals surface area contributed by atoms with Gasteiger partial charge in [0, 0.05) is 42.5 Å². The van der Waals surface area contributed by atoms with E-state index in [0.29, 0.717) is 16.7 Å². The molecule has 0 aromatic carbocycles. The van der Waals surface area contributed by atoms with Crippen LogP contribution in [-0.4, -0.2) is 57.1 Å². The summed E-state index contributed by atoms with van der Waals surface area (Å²) in [5.41, 5.74) is 6.87. The Bertz CT molecular complexity index is 1340. The molecule has 0 radical (unpaired) electrons. The number of nitrogens with one attached hydrogen (secondary N) is 1. The molecular formula is C18H16F3N7O2S. The van der Waals surface area contributed by atoms with Gasteiger partial charge in [-0.25, -0.2) is 28.1 Å². The minimum absolute atomic E-state index is 0.0947. The van der Waals surface area contributed by atoms with Gasteiger partial charge in [-0.2, -0.15) is 18.3 Å². The molecule has 31 heavy (non-hydrogen) atoms. The summed E-state index contributed by atoms with van der Waals surface area (Å²) < 4.78 is 65.2. The fourth-order valence-electron chi connectivity index (χ4n) is 3.21. The minimum atomic E-state index is -4.50. The number of H-pyrrole nitrogens is 1. The molecule has 1 atom stereocenters. The lowest BCUT2D eigenvalue weighted by Crippen LogP contribution is -2.28. The van der Waals surface area contributed by atoms with Crippen LogP contribution in [0.1, 0.15) is 11.5 Å². The van der Waals surface area contributed by atoms with Crippen molar-refractivity contribution >= 4 is 21.0 Å². The normalized spacial score (nSPS) is 13.6. The Balaban J connectivity index is 1.82. The summed E-state index contributed by atoms with van der Waals surface area (Å²) in [6, 6.07) is 4.18. The Kier molecular flexibility index (Phi) is 5.01. The maximum Gasteiger partial charge on any atom is 0.397 e. The highest BCUT2D eigenvalue weighted by atomic mass is 32.2. The van der Waals surface area contributed by atoms with Crippen molar-refractivity contribution in [1.29, 1.82) is 0 Å². The van der Waals surface area contributed by atoms with Crippen molar-refractivity contribution in [2.45, 2.75) is 17.1 Å². The van der Waals surface area contributed by atoms with Crippen molar-refractivity contribution in [3.8, 4) is 16.9 Å². The van der Waals surface area contributed by atoms with Gasteiger partial charge in [0.15, 0.2) is 26.3 Å². The van der Waals surface area contributed by atoms with Gasteiger partial charge in [-0.3, -0.25) is 0 Å². The van der Waals surface area contributed by atoms with Gasteiger partial charge in [0.25, 0.3) is 0 Å². The molecule has 0 bridgehead atoms. The number of aromatic nitrogens is 6. The maximum absolute atomic E-state index is 13.1. The van der Waals surface area contributed by atoms with Gasteiger partial charge in [0.05, 0.1) is 17.8 Å². The smallest absolute Gasteiger partial charge is 0.343 e. The van der Waals surface area contributed by atoms with Crippen molar-refractivity contribution < 1.29 is 21.6 Å². The van der Waals surface area contributed by atoms with Crippen molar-refractivity contribution in [2.75, 3.05) is 12.8 Å².